The molecule has 0 spiro atoms. The Morgan fingerprint density at radius 1 is 1.47 bits per heavy atom. The average molecular weight is 232 g/mol. The lowest BCUT2D eigenvalue weighted by molar-refractivity contribution is 0.0358. The third-order valence-electron chi connectivity index (χ3n) is 4.33. The molecule has 2 aliphatic rings. The van der Waals surface area contributed by atoms with Crippen molar-refractivity contribution in [3.8, 4) is 0 Å². The minimum absolute atomic E-state index is 0.0645. The molecule has 2 bridgehead atoms. The summed E-state index contributed by atoms with van der Waals surface area (Å²) in [5.41, 5.74) is 0.145. The van der Waals surface area contributed by atoms with Crippen LogP contribution in [-0.4, -0.2) is 19.8 Å². The van der Waals surface area contributed by atoms with E-state index in [1.54, 1.807) is 0 Å². The molecule has 0 aromatic heterocycles. The van der Waals surface area contributed by atoms with Gasteiger partial charge < -0.3 is 0 Å². The van der Waals surface area contributed by atoms with E-state index in [-0.39, 0.29) is 16.8 Å². The van der Waals surface area contributed by atoms with Crippen molar-refractivity contribution in [1.82, 2.24) is 0 Å². The van der Waals surface area contributed by atoms with Gasteiger partial charge >= 0.3 is 0 Å². The quantitative estimate of drug-likeness (QED) is 0.686. The smallest absolute Gasteiger partial charge is 0.266 e. The normalized spacial score (nSPS) is 48.1. The lowest BCUT2D eigenvalue weighted by Gasteiger charge is -2.41. The summed E-state index contributed by atoms with van der Waals surface area (Å²) < 4.78 is 28.5. The Morgan fingerprint density at radius 2 is 2.13 bits per heavy atom. The van der Waals surface area contributed by atoms with Gasteiger partial charge in [0.05, 0.1) is 11.4 Å². The molecular formula is C11H20O3S. The molecule has 4 heteroatoms. The molecular weight excluding hydrogens is 212 g/mol. The molecule has 88 valence electrons. The van der Waals surface area contributed by atoms with Crippen LogP contribution in [0.2, 0.25) is 0 Å². The fourth-order valence-electron chi connectivity index (χ4n) is 3.20. The Hall–Kier alpha value is -0.0900. The first-order chi connectivity index (χ1) is 6.89. The van der Waals surface area contributed by atoms with E-state index in [4.69, 9.17) is 4.18 Å². The summed E-state index contributed by atoms with van der Waals surface area (Å²) in [6, 6.07) is 0. The van der Waals surface area contributed by atoms with E-state index in [0.29, 0.717) is 12.3 Å². The zero-order valence-electron chi connectivity index (χ0n) is 9.69. The van der Waals surface area contributed by atoms with E-state index >= 15 is 0 Å². The third kappa shape index (κ3) is 1.72. The predicted molar refractivity (Wildman–Crippen MR) is 59.0 cm³/mol. The van der Waals surface area contributed by atoms with Gasteiger partial charge in [-0.2, -0.15) is 8.42 Å². The molecule has 0 aromatic rings. The van der Waals surface area contributed by atoms with E-state index in [9.17, 15) is 8.42 Å². The van der Waals surface area contributed by atoms with Gasteiger partial charge in [0, 0.05) is 0 Å². The van der Waals surface area contributed by atoms with Crippen LogP contribution in [0, 0.1) is 11.3 Å². The van der Waals surface area contributed by atoms with Gasteiger partial charge in [-0.05, 0) is 30.6 Å². The largest absolute Gasteiger partial charge is 0.270 e. The second-order valence-electron chi connectivity index (χ2n) is 5.38. The van der Waals surface area contributed by atoms with Crippen LogP contribution < -0.4 is 0 Å². The van der Waals surface area contributed by atoms with Crippen molar-refractivity contribution in [3.63, 3.8) is 0 Å². The van der Waals surface area contributed by atoms with Gasteiger partial charge in [-0.1, -0.05) is 27.2 Å². The second kappa shape index (κ2) is 3.45. The van der Waals surface area contributed by atoms with Crippen molar-refractivity contribution < 1.29 is 12.6 Å². The van der Waals surface area contributed by atoms with Gasteiger partial charge in [-0.15, -0.1) is 0 Å². The zero-order valence-corrected chi connectivity index (χ0v) is 10.5. The summed E-state index contributed by atoms with van der Waals surface area (Å²) in [6.07, 6.45) is 3.63. The highest BCUT2D eigenvalue weighted by Gasteiger charge is 2.53. The SMILES string of the molecule is CCCC1(C)CC2CC(OS2(=O)=O)C1C. The molecule has 2 fully saturated rings. The van der Waals surface area contributed by atoms with Crippen LogP contribution in [0.5, 0.6) is 0 Å². The number of hydrogen-bond donors (Lipinski definition) is 0. The Morgan fingerprint density at radius 3 is 2.73 bits per heavy atom. The fourth-order valence-corrected chi connectivity index (χ4v) is 4.95. The molecule has 4 unspecified atom stereocenters. The first kappa shape index (κ1) is 11.4. The lowest BCUT2D eigenvalue weighted by Crippen LogP contribution is -2.40. The molecule has 1 heterocycles. The minimum Gasteiger partial charge on any atom is -0.266 e. The molecule has 0 aromatic carbocycles. The Labute approximate surface area is 92.3 Å². The van der Waals surface area contributed by atoms with Crippen LogP contribution in [0.3, 0.4) is 0 Å². The third-order valence-corrected chi connectivity index (χ3v) is 6.02. The summed E-state index contributed by atoms with van der Waals surface area (Å²) in [4.78, 5) is 0. The summed E-state index contributed by atoms with van der Waals surface area (Å²) >= 11 is 0. The second-order valence-corrected chi connectivity index (χ2v) is 7.23. The first-order valence-electron chi connectivity index (χ1n) is 5.81. The van der Waals surface area contributed by atoms with Crippen LogP contribution in [0.1, 0.15) is 46.5 Å². The summed E-state index contributed by atoms with van der Waals surface area (Å²) in [6.45, 7) is 6.51. The van der Waals surface area contributed by atoms with Crippen molar-refractivity contribution in [2.24, 2.45) is 11.3 Å². The number of fused-ring (bicyclic) bond motifs is 2. The van der Waals surface area contributed by atoms with Crippen LogP contribution in [0.25, 0.3) is 0 Å². The lowest BCUT2D eigenvalue weighted by atomic mass is 9.65. The molecule has 4 atom stereocenters. The van der Waals surface area contributed by atoms with Gasteiger partial charge in [-0.3, -0.25) is 4.18 Å². The maximum absolute atomic E-state index is 11.7. The van der Waals surface area contributed by atoms with Gasteiger partial charge in [0.25, 0.3) is 10.1 Å². The first-order valence-corrected chi connectivity index (χ1v) is 7.28. The monoisotopic (exact) mass is 232 g/mol. The Kier molecular flexibility index (Phi) is 2.62. The van der Waals surface area contributed by atoms with Crippen LogP contribution in [-0.2, 0) is 14.3 Å². The summed E-state index contributed by atoms with van der Waals surface area (Å²) in [5, 5.41) is -0.241. The van der Waals surface area contributed by atoms with Gasteiger partial charge in [0.1, 0.15) is 0 Å². The maximum Gasteiger partial charge on any atom is 0.270 e. The molecule has 15 heavy (non-hydrogen) atoms. The van der Waals surface area contributed by atoms with E-state index < -0.39 is 10.1 Å². The fraction of sp³-hybridized carbons (Fsp3) is 1.00. The Balaban J connectivity index is 2.28. The minimum atomic E-state index is -3.25. The highest BCUT2D eigenvalue weighted by Crippen LogP contribution is 2.51. The zero-order chi connectivity index (χ0) is 11.3. The Bertz CT molecular complexity index is 349. The molecule has 1 saturated heterocycles. The van der Waals surface area contributed by atoms with Gasteiger partial charge in [-0.25, -0.2) is 0 Å². The highest BCUT2D eigenvalue weighted by atomic mass is 32.2. The van der Waals surface area contributed by atoms with Crippen LogP contribution in [0.15, 0.2) is 0 Å². The van der Waals surface area contributed by atoms with Crippen molar-refractivity contribution >= 4 is 10.1 Å². The molecule has 0 radical (unpaired) electrons. The van der Waals surface area contributed by atoms with Crippen molar-refractivity contribution in [1.29, 1.82) is 0 Å². The highest BCUT2D eigenvalue weighted by molar-refractivity contribution is 7.87. The predicted octanol–water partition coefficient (Wildman–Crippen LogP) is 2.32. The molecule has 1 aliphatic carbocycles. The standard InChI is InChI=1S/C11H20O3S/c1-4-5-11(3)7-9-6-10(8(11)2)14-15(9,12)13/h8-10H,4-7H2,1-3H3. The van der Waals surface area contributed by atoms with Crippen molar-refractivity contribution in [2.75, 3.05) is 0 Å². The van der Waals surface area contributed by atoms with Crippen molar-refractivity contribution in [2.45, 2.75) is 57.8 Å². The molecule has 0 amide bonds. The topological polar surface area (TPSA) is 43.4 Å². The number of rotatable bonds is 2. The number of hydrogen-bond acceptors (Lipinski definition) is 3. The summed E-state index contributed by atoms with van der Waals surface area (Å²) in [5.74, 6) is 0.353. The van der Waals surface area contributed by atoms with Crippen LogP contribution >= 0.6 is 0 Å². The van der Waals surface area contributed by atoms with E-state index in [1.165, 1.54) is 0 Å². The van der Waals surface area contributed by atoms with Crippen molar-refractivity contribution in [3.05, 3.63) is 0 Å². The molecule has 1 aliphatic heterocycles. The molecule has 1 saturated carbocycles. The van der Waals surface area contributed by atoms with E-state index in [0.717, 1.165) is 19.3 Å². The maximum atomic E-state index is 11.7. The molecule has 3 nitrogen and oxygen atoms in total. The van der Waals surface area contributed by atoms with E-state index in [1.807, 2.05) is 0 Å². The van der Waals surface area contributed by atoms with Crippen LogP contribution in [0.4, 0.5) is 0 Å². The van der Waals surface area contributed by atoms with E-state index in [2.05, 4.69) is 20.8 Å². The van der Waals surface area contributed by atoms with Gasteiger partial charge in [0.15, 0.2) is 0 Å². The molecule has 2 rings (SSSR count). The molecule has 0 N–H and O–H groups in total. The van der Waals surface area contributed by atoms with Gasteiger partial charge in [0.2, 0.25) is 0 Å². The average Bonchev–Trinajstić information content (AvgIpc) is 2.37. The summed E-state index contributed by atoms with van der Waals surface area (Å²) in [7, 11) is -3.25.